The molecule has 0 aromatic heterocycles. The smallest absolute Gasteiger partial charge is 0.236 e. The van der Waals surface area contributed by atoms with E-state index in [2.05, 4.69) is 21.3 Å². The lowest BCUT2D eigenvalue weighted by Gasteiger charge is -2.25. The fourth-order valence-electron chi connectivity index (χ4n) is 4.92. The van der Waals surface area contributed by atoms with Gasteiger partial charge in [-0.25, -0.2) is 0 Å². The van der Waals surface area contributed by atoms with E-state index in [-0.39, 0.29) is 72.1 Å². The van der Waals surface area contributed by atoms with Crippen LogP contribution in [-0.2, 0) is 9.59 Å². The zero-order valence-electron chi connectivity index (χ0n) is 24.5. The van der Waals surface area contributed by atoms with E-state index >= 15 is 0 Å². The lowest BCUT2D eigenvalue weighted by Crippen LogP contribution is -2.43. The van der Waals surface area contributed by atoms with Crippen LogP contribution in [-0.4, -0.2) is 71.9 Å². The number of phenolic OH excluding ortho intramolecular Hbond substituents is 2. The molecule has 2 aromatic rings. The number of amides is 2. The number of nitrogens with two attached hydrogens (primary N) is 2. The maximum atomic E-state index is 13.7. The zero-order chi connectivity index (χ0) is 31.1. The van der Waals surface area contributed by atoms with Crippen molar-refractivity contribution in [1.29, 1.82) is 0 Å². The third-order valence-corrected chi connectivity index (χ3v) is 6.88. The zero-order valence-corrected chi connectivity index (χ0v) is 24.5. The fourth-order valence-corrected chi connectivity index (χ4v) is 4.92. The Morgan fingerprint density at radius 3 is 1.33 bits per heavy atom. The van der Waals surface area contributed by atoms with Gasteiger partial charge in [0, 0.05) is 37.6 Å². The second kappa shape index (κ2) is 14.1. The third-order valence-electron chi connectivity index (χ3n) is 6.88. The van der Waals surface area contributed by atoms with Crippen LogP contribution in [0.1, 0.15) is 72.4 Å². The molecule has 10 N–H and O–H groups in total. The summed E-state index contributed by atoms with van der Waals surface area (Å²) in [7, 11) is 0. The van der Waals surface area contributed by atoms with Crippen molar-refractivity contribution in [3.63, 3.8) is 0 Å². The number of ketones is 2. The van der Waals surface area contributed by atoms with E-state index in [0.717, 1.165) is 12.1 Å². The Labute approximate surface area is 245 Å². The maximum absolute atomic E-state index is 13.7. The SMILES string of the molecule is CC(C)C[C@H](N)C(=O)NCCNc1ccc(NCCNC(=O)[C@@H](N)CC(C)C)c2c1C(=O)c1c(O)ccc(O)c1C2=O. The van der Waals surface area contributed by atoms with Crippen molar-refractivity contribution in [1.82, 2.24) is 10.6 Å². The first-order chi connectivity index (χ1) is 19.8. The molecule has 0 spiro atoms. The number of hydrogen-bond acceptors (Lipinski definition) is 10. The average Bonchev–Trinajstić information content (AvgIpc) is 2.92. The summed E-state index contributed by atoms with van der Waals surface area (Å²) in [5.74, 6) is -2.18. The van der Waals surface area contributed by atoms with E-state index < -0.39 is 35.1 Å². The molecule has 42 heavy (non-hydrogen) atoms. The molecule has 0 saturated carbocycles. The van der Waals surface area contributed by atoms with Crippen LogP contribution in [0, 0.1) is 11.8 Å². The van der Waals surface area contributed by atoms with Gasteiger partial charge in [-0.2, -0.15) is 0 Å². The first-order valence-electron chi connectivity index (χ1n) is 14.2. The molecule has 0 unspecified atom stereocenters. The molecule has 12 heteroatoms. The van der Waals surface area contributed by atoms with Crippen molar-refractivity contribution in [2.75, 3.05) is 36.8 Å². The molecule has 0 fully saturated rings. The van der Waals surface area contributed by atoms with E-state index in [9.17, 15) is 29.4 Å². The molecular weight excluding hydrogens is 540 g/mol. The number of fused-ring (bicyclic) bond motifs is 2. The van der Waals surface area contributed by atoms with Gasteiger partial charge in [0.15, 0.2) is 0 Å². The number of anilines is 2. The Morgan fingerprint density at radius 2 is 1.00 bits per heavy atom. The van der Waals surface area contributed by atoms with Gasteiger partial charge in [-0.3, -0.25) is 19.2 Å². The van der Waals surface area contributed by atoms with Gasteiger partial charge >= 0.3 is 0 Å². The Morgan fingerprint density at radius 1 is 0.643 bits per heavy atom. The molecule has 2 amide bonds. The second-order valence-electron chi connectivity index (χ2n) is 11.3. The Balaban J connectivity index is 1.81. The highest BCUT2D eigenvalue weighted by Crippen LogP contribution is 2.42. The molecule has 228 valence electrons. The van der Waals surface area contributed by atoms with Crippen molar-refractivity contribution >= 4 is 34.8 Å². The van der Waals surface area contributed by atoms with Crippen LogP contribution in [0.4, 0.5) is 11.4 Å². The lowest BCUT2D eigenvalue weighted by atomic mass is 9.81. The van der Waals surface area contributed by atoms with E-state index in [1.807, 2.05) is 27.7 Å². The first kappa shape index (κ1) is 32.4. The molecule has 0 aliphatic heterocycles. The minimum Gasteiger partial charge on any atom is -0.507 e. The molecule has 0 heterocycles. The van der Waals surface area contributed by atoms with Crippen molar-refractivity contribution in [2.24, 2.45) is 23.3 Å². The molecule has 2 atom stereocenters. The molecule has 1 aliphatic rings. The second-order valence-corrected chi connectivity index (χ2v) is 11.3. The number of phenols is 2. The highest BCUT2D eigenvalue weighted by atomic mass is 16.3. The number of hydrogen-bond donors (Lipinski definition) is 8. The Kier molecular flexibility index (Phi) is 10.9. The molecule has 1 aliphatic carbocycles. The van der Waals surface area contributed by atoms with Crippen LogP contribution in [0.25, 0.3) is 0 Å². The van der Waals surface area contributed by atoms with Gasteiger partial charge in [0.05, 0.1) is 34.3 Å². The summed E-state index contributed by atoms with van der Waals surface area (Å²) in [4.78, 5) is 51.9. The van der Waals surface area contributed by atoms with Crippen LogP contribution in [0.5, 0.6) is 11.5 Å². The average molecular weight is 583 g/mol. The van der Waals surface area contributed by atoms with Crippen molar-refractivity contribution in [3.8, 4) is 11.5 Å². The minimum atomic E-state index is -0.643. The van der Waals surface area contributed by atoms with Crippen molar-refractivity contribution in [2.45, 2.75) is 52.6 Å². The van der Waals surface area contributed by atoms with Gasteiger partial charge < -0.3 is 42.9 Å². The monoisotopic (exact) mass is 582 g/mol. The highest BCUT2D eigenvalue weighted by molar-refractivity contribution is 6.33. The minimum absolute atomic E-state index is 0.0178. The number of rotatable bonds is 14. The van der Waals surface area contributed by atoms with Crippen LogP contribution in [0.2, 0.25) is 0 Å². The summed E-state index contributed by atoms with van der Waals surface area (Å²) < 4.78 is 0. The van der Waals surface area contributed by atoms with Gasteiger partial charge in [-0.05, 0) is 48.9 Å². The summed E-state index contributed by atoms with van der Waals surface area (Å²) in [5, 5.41) is 32.6. The normalized spacial score (nSPS) is 13.8. The standard InChI is InChI=1S/C30H42N6O6/c1-15(2)13-17(31)29(41)35-11-9-33-19-5-6-20(34-10-12-36-30(42)18(32)14-16(3)4)24-23(19)27(39)25-21(37)7-8-22(38)26(25)28(24)40/h5-8,15-18,33-34,37-38H,9-14,31-32H2,1-4H3,(H,35,41)(H,36,42)/t17-,18-/m0/s1. The molecule has 0 saturated heterocycles. The lowest BCUT2D eigenvalue weighted by molar-refractivity contribution is -0.123. The van der Waals surface area contributed by atoms with E-state index in [0.29, 0.717) is 24.2 Å². The molecule has 0 radical (unpaired) electrons. The van der Waals surface area contributed by atoms with Gasteiger partial charge in [0.25, 0.3) is 0 Å². The number of nitrogens with one attached hydrogen (secondary N) is 4. The van der Waals surface area contributed by atoms with Gasteiger partial charge in [-0.15, -0.1) is 0 Å². The quantitative estimate of drug-likeness (QED) is 0.102. The van der Waals surface area contributed by atoms with Crippen molar-refractivity contribution in [3.05, 3.63) is 46.5 Å². The van der Waals surface area contributed by atoms with Crippen LogP contribution in [0.3, 0.4) is 0 Å². The van der Waals surface area contributed by atoms with E-state index in [1.165, 1.54) is 0 Å². The summed E-state index contributed by atoms with van der Waals surface area (Å²) in [5.41, 5.74) is 12.0. The molecule has 0 bridgehead atoms. The predicted octanol–water partition coefficient (Wildman–Crippen LogP) is 1.68. The predicted molar refractivity (Wildman–Crippen MR) is 161 cm³/mol. The number of aromatic hydroxyl groups is 2. The molecule has 3 rings (SSSR count). The summed E-state index contributed by atoms with van der Waals surface area (Å²) in [6, 6.07) is 4.27. The highest BCUT2D eigenvalue weighted by Gasteiger charge is 2.38. The summed E-state index contributed by atoms with van der Waals surface area (Å²) in [6.45, 7) is 8.78. The largest absolute Gasteiger partial charge is 0.507 e. The molecular formula is C30H42N6O6. The van der Waals surface area contributed by atoms with E-state index in [1.54, 1.807) is 12.1 Å². The van der Waals surface area contributed by atoms with Gasteiger partial charge in [0.2, 0.25) is 23.4 Å². The van der Waals surface area contributed by atoms with Gasteiger partial charge in [-0.1, -0.05) is 27.7 Å². The first-order valence-corrected chi connectivity index (χ1v) is 14.2. The van der Waals surface area contributed by atoms with Crippen LogP contribution >= 0.6 is 0 Å². The van der Waals surface area contributed by atoms with Crippen LogP contribution in [0.15, 0.2) is 24.3 Å². The topological polar surface area (TPSA) is 209 Å². The molecule has 12 nitrogen and oxygen atoms in total. The molecule has 2 aromatic carbocycles. The van der Waals surface area contributed by atoms with Crippen molar-refractivity contribution < 1.29 is 29.4 Å². The Bertz CT molecular complexity index is 1240. The van der Waals surface area contributed by atoms with Crippen LogP contribution < -0.4 is 32.7 Å². The maximum Gasteiger partial charge on any atom is 0.236 e. The summed E-state index contributed by atoms with van der Waals surface area (Å²) >= 11 is 0. The van der Waals surface area contributed by atoms with Gasteiger partial charge in [0.1, 0.15) is 11.5 Å². The third kappa shape index (κ3) is 7.56. The summed E-state index contributed by atoms with van der Waals surface area (Å²) in [6.07, 6.45) is 1.09. The number of carbonyl (C=O) groups is 4. The fraction of sp³-hybridized carbons (Fsp3) is 0.467. The number of benzene rings is 2. The van der Waals surface area contributed by atoms with E-state index in [4.69, 9.17) is 11.5 Å². The Hall–Kier alpha value is -4.16. The number of carbonyl (C=O) groups excluding carboxylic acids is 4.